The van der Waals surface area contributed by atoms with Gasteiger partial charge in [-0.15, -0.1) is 0 Å². The van der Waals surface area contributed by atoms with Gasteiger partial charge in [-0.05, 0) is 44.1 Å². The van der Waals surface area contributed by atoms with Crippen LogP contribution in [-0.2, 0) is 16.0 Å². The number of ether oxygens (including phenoxy) is 1. The number of fused-ring (bicyclic) bond motifs is 1. The molecule has 7 heteroatoms. The lowest BCUT2D eigenvalue weighted by molar-refractivity contribution is -0.125. The van der Waals surface area contributed by atoms with E-state index in [4.69, 9.17) is 9.72 Å². The average Bonchev–Trinajstić information content (AvgIpc) is 2.73. The first-order valence-electron chi connectivity index (χ1n) is 10.1. The Hall–Kier alpha value is -2.77. The quantitative estimate of drug-likeness (QED) is 0.662. The van der Waals surface area contributed by atoms with Gasteiger partial charge in [-0.2, -0.15) is 0 Å². The predicted molar refractivity (Wildman–Crippen MR) is 108 cm³/mol. The summed E-state index contributed by atoms with van der Waals surface area (Å²) in [6, 6.07) is 6.38. The zero-order valence-corrected chi connectivity index (χ0v) is 16.2. The molecule has 2 aliphatic heterocycles. The topological polar surface area (TPSA) is 81.1 Å². The van der Waals surface area contributed by atoms with Gasteiger partial charge in [0, 0.05) is 42.0 Å². The maximum Gasteiger partial charge on any atom is 0.142 e. The normalized spacial score (nSPS) is 18.6. The lowest BCUT2D eigenvalue weighted by atomic mass is 9.89. The van der Waals surface area contributed by atoms with E-state index >= 15 is 0 Å². The van der Waals surface area contributed by atoms with Gasteiger partial charge in [-0.1, -0.05) is 0 Å². The summed E-state index contributed by atoms with van der Waals surface area (Å²) in [5, 5.41) is 0.949. The highest BCUT2D eigenvalue weighted by Gasteiger charge is 2.31. The van der Waals surface area contributed by atoms with Gasteiger partial charge in [-0.3, -0.25) is 24.6 Å². The van der Waals surface area contributed by atoms with Crippen LogP contribution in [0.25, 0.3) is 22.3 Å². The Bertz CT molecular complexity index is 1010. The van der Waals surface area contributed by atoms with Gasteiger partial charge < -0.3 is 4.74 Å². The molecule has 0 radical (unpaired) electrons. The minimum absolute atomic E-state index is 0.128. The summed E-state index contributed by atoms with van der Waals surface area (Å²) in [6.07, 6.45) is 9.01. The van der Waals surface area contributed by atoms with Crippen LogP contribution in [0.3, 0.4) is 0 Å². The van der Waals surface area contributed by atoms with Crippen molar-refractivity contribution in [3.63, 3.8) is 0 Å². The highest BCUT2D eigenvalue weighted by molar-refractivity contribution is 5.85. The van der Waals surface area contributed by atoms with E-state index in [2.05, 4.69) is 19.9 Å². The third-order valence-electron chi connectivity index (χ3n) is 5.93. The molecule has 148 valence electrons. The Morgan fingerprint density at radius 2 is 1.93 bits per heavy atom. The number of pyridine rings is 2. The van der Waals surface area contributed by atoms with Crippen molar-refractivity contribution in [1.82, 2.24) is 24.8 Å². The third-order valence-corrected chi connectivity index (χ3v) is 5.93. The van der Waals surface area contributed by atoms with Crippen LogP contribution in [0, 0.1) is 5.92 Å². The second kappa shape index (κ2) is 7.93. The first-order chi connectivity index (χ1) is 14.3. The van der Waals surface area contributed by atoms with Crippen LogP contribution < -0.4 is 0 Å². The molecular formula is C22H23N5O2. The summed E-state index contributed by atoms with van der Waals surface area (Å²) >= 11 is 0. The number of hydrogen-bond acceptors (Lipinski definition) is 7. The predicted octanol–water partition coefficient (Wildman–Crippen LogP) is 2.31. The lowest BCUT2D eigenvalue weighted by Gasteiger charge is -2.41. The van der Waals surface area contributed by atoms with Crippen LogP contribution in [0.2, 0.25) is 0 Å². The molecule has 0 saturated carbocycles. The molecule has 0 N–H and O–H groups in total. The van der Waals surface area contributed by atoms with Crippen molar-refractivity contribution in [1.29, 1.82) is 0 Å². The van der Waals surface area contributed by atoms with Gasteiger partial charge in [-0.25, -0.2) is 4.98 Å². The van der Waals surface area contributed by atoms with E-state index in [9.17, 15) is 4.79 Å². The summed E-state index contributed by atoms with van der Waals surface area (Å²) in [5.74, 6) is 0.412. The van der Waals surface area contributed by atoms with Crippen LogP contribution in [0.5, 0.6) is 0 Å². The molecule has 0 spiro atoms. The van der Waals surface area contributed by atoms with Crippen LogP contribution in [0.15, 0.2) is 43.0 Å². The fraction of sp³-hybridized carbons (Fsp3) is 0.409. The Labute approximate surface area is 169 Å². The number of hydrogen-bond donors (Lipinski definition) is 0. The van der Waals surface area contributed by atoms with Gasteiger partial charge in [0.15, 0.2) is 0 Å². The van der Waals surface area contributed by atoms with Gasteiger partial charge in [0.25, 0.3) is 0 Å². The summed E-state index contributed by atoms with van der Waals surface area (Å²) < 4.78 is 5.28. The first kappa shape index (κ1) is 18.3. The number of piperidine rings is 1. The molecule has 5 heterocycles. The zero-order chi connectivity index (χ0) is 19.6. The van der Waals surface area contributed by atoms with E-state index in [0.29, 0.717) is 12.5 Å². The summed E-state index contributed by atoms with van der Waals surface area (Å²) in [4.78, 5) is 32.9. The summed E-state index contributed by atoms with van der Waals surface area (Å²) in [5.41, 5.74) is 3.10. The van der Waals surface area contributed by atoms with E-state index in [-0.39, 0.29) is 11.7 Å². The fourth-order valence-corrected chi connectivity index (χ4v) is 4.07. The number of carbonyl (C=O) groups is 1. The highest BCUT2D eigenvalue weighted by atomic mass is 16.5. The van der Waals surface area contributed by atoms with Crippen molar-refractivity contribution >= 4 is 16.7 Å². The number of likely N-dealkylation sites (tertiary alicyclic amines) is 1. The van der Waals surface area contributed by atoms with E-state index in [0.717, 1.165) is 67.1 Å². The van der Waals surface area contributed by atoms with E-state index in [1.165, 1.54) is 0 Å². The largest absolute Gasteiger partial charge is 0.378 e. The molecule has 2 saturated heterocycles. The third kappa shape index (κ3) is 3.88. The minimum atomic E-state index is 0.128. The minimum Gasteiger partial charge on any atom is -0.378 e. The van der Waals surface area contributed by atoms with Crippen molar-refractivity contribution in [3.05, 3.63) is 48.7 Å². The van der Waals surface area contributed by atoms with Crippen LogP contribution in [0.4, 0.5) is 0 Å². The zero-order valence-electron chi connectivity index (χ0n) is 16.2. The molecule has 0 bridgehead atoms. The fourth-order valence-electron chi connectivity index (χ4n) is 4.07. The summed E-state index contributed by atoms with van der Waals surface area (Å²) in [7, 11) is 0. The molecule has 7 nitrogen and oxygen atoms in total. The number of aromatic nitrogens is 4. The van der Waals surface area contributed by atoms with E-state index in [1.807, 2.05) is 18.2 Å². The second-order valence-electron chi connectivity index (χ2n) is 7.80. The Morgan fingerprint density at radius 3 is 2.66 bits per heavy atom. The highest BCUT2D eigenvalue weighted by Crippen LogP contribution is 2.24. The second-order valence-corrected chi connectivity index (χ2v) is 7.80. The molecule has 29 heavy (non-hydrogen) atoms. The van der Waals surface area contributed by atoms with Crippen molar-refractivity contribution in [3.8, 4) is 11.4 Å². The first-order valence-corrected chi connectivity index (χ1v) is 10.1. The van der Waals surface area contributed by atoms with E-state index < -0.39 is 0 Å². The molecule has 0 aromatic carbocycles. The lowest BCUT2D eigenvalue weighted by Crippen LogP contribution is -2.52. The number of ketones is 1. The SMILES string of the molecule is O=C(Cc1cc2nc(-c3cnccn3)ccc2cn1)C1CCN(C2COC2)CC1. The molecule has 2 aliphatic rings. The van der Waals surface area contributed by atoms with Gasteiger partial charge in [0.2, 0.25) is 0 Å². The molecule has 0 aliphatic carbocycles. The molecule has 3 aromatic rings. The maximum atomic E-state index is 12.8. The Kier molecular flexibility index (Phi) is 4.99. The maximum absolute atomic E-state index is 12.8. The van der Waals surface area contributed by atoms with Crippen molar-refractivity contribution in [2.75, 3.05) is 26.3 Å². The average molecular weight is 389 g/mol. The number of carbonyl (C=O) groups excluding carboxylic acids is 1. The standard InChI is InChI=1S/C22H23N5O2/c28-22(15-3-7-27(8-4-15)18-13-29-14-18)10-17-9-20-16(11-25-17)1-2-19(26-20)21-12-23-5-6-24-21/h1-2,5-6,9,11-12,15,18H,3-4,7-8,10,13-14H2. The molecular weight excluding hydrogens is 366 g/mol. The molecule has 0 unspecified atom stereocenters. The number of Topliss-reactive ketones (excluding diaryl/α,β-unsaturated/α-hetero) is 1. The Morgan fingerprint density at radius 1 is 1.07 bits per heavy atom. The van der Waals surface area contributed by atoms with Crippen LogP contribution >= 0.6 is 0 Å². The van der Waals surface area contributed by atoms with Gasteiger partial charge >= 0.3 is 0 Å². The van der Waals surface area contributed by atoms with Crippen LogP contribution in [0.1, 0.15) is 18.5 Å². The molecule has 0 atom stereocenters. The molecule has 2 fully saturated rings. The van der Waals surface area contributed by atoms with Gasteiger partial charge in [0.05, 0.1) is 36.7 Å². The van der Waals surface area contributed by atoms with Crippen molar-refractivity contribution in [2.45, 2.75) is 25.3 Å². The molecule has 5 rings (SSSR count). The van der Waals surface area contributed by atoms with Crippen molar-refractivity contribution < 1.29 is 9.53 Å². The number of rotatable bonds is 5. The van der Waals surface area contributed by atoms with E-state index in [1.54, 1.807) is 24.8 Å². The summed E-state index contributed by atoms with van der Waals surface area (Å²) in [6.45, 7) is 3.64. The molecule has 3 aromatic heterocycles. The number of nitrogens with zero attached hydrogens (tertiary/aromatic N) is 5. The van der Waals surface area contributed by atoms with Crippen molar-refractivity contribution in [2.24, 2.45) is 5.92 Å². The Balaban J connectivity index is 1.28. The monoisotopic (exact) mass is 389 g/mol. The van der Waals surface area contributed by atoms with Crippen LogP contribution in [-0.4, -0.2) is 63.0 Å². The van der Waals surface area contributed by atoms with Gasteiger partial charge in [0.1, 0.15) is 11.5 Å². The molecule has 0 amide bonds. The smallest absolute Gasteiger partial charge is 0.142 e.